The molecule has 34 heavy (non-hydrogen) atoms. The van der Waals surface area contributed by atoms with Crippen LogP contribution in [0.3, 0.4) is 0 Å². The van der Waals surface area contributed by atoms with Gasteiger partial charge in [0.25, 0.3) is 5.95 Å². The van der Waals surface area contributed by atoms with Gasteiger partial charge in [-0.15, -0.1) is 5.10 Å². The first-order valence-electron chi connectivity index (χ1n) is 10.6. The minimum Gasteiger partial charge on any atom is -0.504 e. The summed E-state index contributed by atoms with van der Waals surface area (Å²) < 4.78 is 12.1. The number of carbonyl (C=O) groups excluding carboxylic acids is 1. The Kier molecular flexibility index (Phi) is 5.33. The molecule has 2 N–H and O–H groups in total. The molecule has 0 bridgehead atoms. The second-order valence-corrected chi connectivity index (χ2v) is 7.87. The van der Waals surface area contributed by atoms with E-state index in [-0.39, 0.29) is 29.9 Å². The van der Waals surface area contributed by atoms with E-state index >= 15 is 0 Å². The van der Waals surface area contributed by atoms with E-state index in [1.54, 1.807) is 31.5 Å². The van der Waals surface area contributed by atoms with Crippen molar-refractivity contribution in [3.8, 4) is 34.5 Å². The number of ether oxygens (including phenoxy) is 2. The molecule has 2 aromatic carbocycles. The largest absolute Gasteiger partial charge is 0.504 e. The molecule has 1 amide bonds. The number of hydrogen-bond acceptors (Lipinski definition) is 8. The van der Waals surface area contributed by atoms with Crippen molar-refractivity contribution in [3.63, 3.8) is 0 Å². The Bertz CT molecular complexity index is 1400. The van der Waals surface area contributed by atoms with Gasteiger partial charge in [0, 0.05) is 23.5 Å². The summed E-state index contributed by atoms with van der Waals surface area (Å²) >= 11 is 0. The number of phenolic OH excluding ortho intramolecular Hbond substituents is 1. The van der Waals surface area contributed by atoms with Gasteiger partial charge in [-0.3, -0.25) is 4.79 Å². The number of nitrogens with zero attached hydrogens (tertiary/aromatic N) is 5. The van der Waals surface area contributed by atoms with E-state index in [0.717, 1.165) is 22.4 Å². The molecule has 3 heterocycles. The van der Waals surface area contributed by atoms with Crippen LogP contribution in [0.4, 0.5) is 5.82 Å². The van der Waals surface area contributed by atoms with Gasteiger partial charge < -0.3 is 19.9 Å². The molecule has 0 fully saturated rings. The number of aromatic hydroxyl groups is 1. The van der Waals surface area contributed by atoms with E-state index in [1.807, 2.05) is 31.2 Å². The van der Waals surface area contributed by atoms with Crippen LogP contribution >= 0.6 is 0 Å². The fraction of sp³-hybridized carbons (Fsp3) is 0.208. The number of fused-ring (bicyclic) bond motifs is 1. The molecule has 0 spiro atoms. The Morgan fingerprint density at radius 3 is 2.79 bits per heavy atom. The molecule has 0 radical (unpaired) electrons. The molecule has 0 aliphatic carbocycles. The monoisotopic (exact) mass is 458 g/mol. The zero-order chi connectivity index (χ0) is 23.8. The Morgan fingerprint density at radius 2 is 2.00 bits per heavy atom. The molecular formula is C24H22N6O4. The predicted molar refractivity (Wildman–Crippen MR) is 123 cm³/mol. The summed E-state index contributed by atoms with van der Waals surface area (Å²) in [5.41, 5.74) is 3.81. The van der Waals surface area contributed by atoms with Crippen molar-refractivity contribution in [3.05, 3.63) is 65.5 Å². The first-order valence-corrected chi connectivity index (χ1v) is 10.6. The molecule has 1 atom stereocenters. The van der Waals surface area contributed by atoms with Crippen molar-refractivity contribution in [1.82, 2.24) is 25.0 Å². The fourth-order valence-corrected chi connectivity index (χ4v) is 4.19. The van der Waals surface area contributed by atoms with Crippen LogP contribution in [-0.4, -0.2) is 50.2 Å². The molecule has 10 heteroatoms. The van der Waals surface area contributed by atoms with Crippen LogP contribution in [0.25, 0.3) is 17.2 Å². The van der Waals surface area contributed by atoms with Gasteiger partial charge in [-0.05, 0) is 36.8 Å². The quantitative estimate of drug-likeness (QED) is 0.467. The molecule has 4 aromatic rings. The van der Waals surface area contributed by atoms with Crippen LogP contribution in [0.2, 0.25) is 0 Å². The summed E-state index contributed by atoms with van der Waals surface area (Å²) in [4.78, 5) is 17.3. The highest BCUT2D eigenvalue weighted by molar-refractivity contribution is 5.95. The molecule has 0 saturated heterocycles. The molecular weight excluding hydrogens is 436 g/mol. The van der Waals surface area contributed by atoms with Gasteiger partial charge in [-0.25, -0.2) is 4.98 Å². The van der Waals surface area contributed by atoms with E-state index in [2.05, 4.69) is 25.6 Å². The van der Waals surface area contributed by atoms with Crippen molar-refractivity contribution < 1.29 is 19.4 Å². The van der Waals surface area contributed by atoms with Crippen LogP contribution in [0.5, 0.6) is 17.2 Å². The lowest BCUT2D eigenvalue weighted by Gasteiger charge is -2.24. The number of amides is 1. The van der Waals surface area contributed by atoms with Crippen LogP contribution in [0, 0.1) is 6.92 Å². The number of hydrogen-bond donors (Lipinski definition) is 2. The Labute approximate surface area is 195 Å². The highest BCUT2D eigenvalue weighted by atomic mass is 16.5. The van der Waals surface area contributed by atoms with E-state index in [0.29, 0.717) is 23.0 Å². The molecule has 1 aliphatic rings. The highest BCUT2D eigenvalue weighted by Crippen LogP contribution is 2.42. The normalized spacial score (nSPS) is 14.9. The SMILES string of the molecule is COc1cccc(-c2cnnc(-n3nc(C)c4c3NC(=O)CC4c3ccc(O)c(OC)c3)n2)c1. The predicted octanol–water partition coefficient (Wildman–Crippen LogP) is 3.23. The molecule has 172 valence electrons. The minimum atomic E-state index is -0.276. The second kappa shape index (κ2) is 8.47. The first kappa shape index (κ1) is 21.4. The van der Waals surface area contributed by atoms with E-state index in [1.165, 1.54) is 11.8 Å². The van der Waals surface area contributed by atoms with Crippen LogP contribution in [-0.2, 0) is 4.79 Å². The number of benzene rings is 2. The lowest BCUT2D eigenvalue weighted by molar-refractivity contribution is -0.116. The molecule has 10 nitrogen and oxygen atoms in total. The third kappa shape index (κ3) is 3.68. The summed E-state index contributed by atoms with van der Waals surface area (Å²) in [5, 5.41) is 25.8. The average Bonchev–Trinajstić information content (AvgIpc) is 3.20. The third-order valence-corrected chi connectivity index (χ3v) is 5.81. The number of phenols is 1. The van der Waals surface area contributed by atoms with Crippen molar-refractivity contribution in [2.24, 2.45) is 0 Å². The smallest absolute Gasteiger partial charge is 0.272 e. The maximum atomic E-state index is 12.7. The Morgan fingerprint density at radius 1 is 1.15 bits per heavy atom. The van der Waals surface area contributed by atoms with Gasteiger partial charge in [-0.2, -0.15) is 14.9 Å². The zero-order valence-electron chi connectivity index (χ0n) is 18.8. The minimum absolute atomic E-state index is 0.0352. The van der Waals surface area contributed by atoms with Gasteiger partial charge in [0.1, 0.15) is 11.6 Å². The molecule has 0 saturated carbocycles. The van der Waals surface area contributed by atoms with Crippen molar-refractivity contribution in [2.45, 2.75) is 19.3 Å². The zero-order valence-corrected chi connectivity index (χ0v) is 18.8. The third-order valence-electron chi connectivity index (χ3n) is 5.81. The summed E-state index contributed by atoms with van der Waals surface area (Å²) in [6.45, 7) is 1.87. The van der Waals surface area contributed by atoms with Crippen molar-refractivity contribution in [1.29, 1.82) is 0 Å². The maximum absolute atomic E-state index is 12.7. The van der Waals surface area contributed by atoms with Gasteiger partial charge in [0.2, 0.25) is 5.91 Å². The number of nitrogens with one attached hydrogen (secondary N) is 1. The maximum Gasteiger partial charge on any atom is 0.272 e. The second-order valence-electron chi connectivity index (χ2n) is 7.87. The van der Waals surface area contributed by atoms with E-state index in [4.69, 9.17) is 9.47 Å². The summed E-state index contributed by atoms with van der Waals surface area (Å²) in [7, 11) is 3.09. The van der Waals surface area contributed by atoms with Crippen LogP contribution < -0.4 is 14.8 Å². The lowest BCUT2D eigenvalue weighted by atomic mass is 9.85. The Hall–Kier alpha value is -4.47. The lowest BCUT2D eigenvalue weighted by Crippen LogP contribution is -2.25. The molecule has 2 aromatic heterocycles. The highest BCUT2D eigenvalue weighted by Gasteiger charge is 2.33. The molecule has 5 rings (SSSR count). The number of carbonyl (C=O) groups is 1. The van der Waals surface area contributed by atoms with Gasteiger partial charge >= 0.3 is 0 Å². The van der Waals surface area contributed by atoms with E-state index < -0.39 is 0 Å². The van der Waals surface area contributed by atoms with Crippen molar-refractivity contribution >= 4 is 11.7 Å². The topological polar surface area (TPSA) is 124 Å². The van der Waals surface area contributed by atoms with Gasteiger partial charge in [-0.1, -0.05) is 18.2 Å². The number of anilines is 1. The van der Waals surface area contributed by atoms with Crippen LogP contribution in [0.1, 0.15) is 29.2 Å². The van der Waals surface area contributed by atoms with Crippen molar-refractivity contribution in [2.75, 3.05) is 19.5 Å². The van der Waals surface area contributed by atoms with E-state index in [9.17, 15) is 9.90 Å². The number of aromatic nitrogens is 5. The Balaban J connectivity index is 1.60. The number of methoxy groups -OCH3 is 2. The first-order chi connectivity index (χ1) is 16.5. The number of rotatable bonds is 5. The van der Waals surface area contributed by atoms with Gasteiger partial charge in [0.15, 0.2) is 11.5 Å². The summed E-state index contributed by atoms with van der Waals surface area (Å²) in [5.74, 6) is 1.36. The summed E-state index contributed by atoms with van der Waals surface area (Å²) in [6.07, 6.45) is 1.79. The molecule has 1 unspecified atom stereocenters. The standard InChI is InChI=1S/C24H22N6O4/c1-13-22-17(14-7-8-19(31)20(10-14)34-3)11-21(32)27-23(22)30(29-13)24-26-18(12-25-28-24)15-5-4-6-16(9-15)33-2/h4-10,12,17,31H,11H2,1-3H3,(H,27,32). The fourth-order valence-electron chi connectivity index (χ4n) is 4.19. The summed E-state index contributed by atoms with van der Waals surface area (Å²) in [6, 6.07) is 12.5. The number of aryl methyl sites for hydroxylation is 1. The molecule has 1 aliphatic heterocycles. The van der Waals surface area contributed by atoms with Gasteiger partial charge in [0.05, 0.1) is 31.8 Å². The van der Waals surface area contributed by atoms with Crippen LogP contribution in [0.15, 0.2) is 48.7 Å². The average molecular weight is 458 g/mol.